The van der Waals surface area contributed by atoms with Gasteiger partial charge in [0.15, 0.2) is 6.10 Å². The Morgan fingerprint density at radius 1 is 1.47 bits per heavy atom. The lowest BCUT2D eigenvalue weighted by Gasteiger charge is -2.34. The minimum Gasteiger partial charge on any atom is -0.464 e. The summed E-state index contributed by atoms with van der Waals surface area (Å²) in [7, 11) is 0. The van der Waals surface area contributed by atoms with Crippen LogP contribution in [0.4, 0.5) is 0 Å². The first-order valence-corrected chi connectivity index (χ1v) is 5.75. The van der Waals surface area contributed by atoms with Crippen molar-refractivity contribution in [1.82, 2.24) is 0 Å². The fourth-order valence-corrected chi connectivity index (χ4v) is 1.69. The van der Waals surface area contributed by atoms with Gasteiger partial charge in [-0.1, -0.05) is 13.3 Å². The molecule has 4 heteroatoms. The van der Waals surface area contributed by atoms with Gasteiger partial charge in [0, 0.05) is 6.04 Å². The van der Waals surface area contributed by atoms with Gasteiger partial charge in [-0.15, -0.1) is 0 Å². The highest BCUT2D eigenvalue weighted by atomic mass is 16.6. The van der Waals surface area contributed by atoms with E-state index >= 15 is 0 Å². The lowest BCUT2D eigenvalue weighted by molar-refractivity contribution is -0.165. The molecule has 4 nitrogen and oxygen atoms in total. The Bertz CT molecular complexity index is 202. The molecule has 0 spiro atoms. The van der Waals surface area contributed by atoms with Crippen molar-refractivity contribution in [2.24, 2.45) is 5.73 Å². The highest BCUT2D eigenvalue weighted by Crippen LogP contribution is 2.24. The Balaban J connectivity index is 2.32. The molecule has 0 aliphatic heterocycles. The van der Waals surface area contributed by atoms with Crippen LogP contribution in [0, 0.1) is 0 Å². The van der Waals surface area contributed by atoms with Crippen LogP contribution in [0.5, 0.6) is 0 Å². The molecule has 0 bridgehead atoms. The lowest BCUT2D eigenvalue weighted by atomic mass is 9.90. The Kier molecular flexibility index (Phi) is 5.05. The molecule has 0 amide bonds. The monoisotopic (exact) mass is 215 g/mol. The smallest absolute Gasteiger partial charge is 0.335 e. The molecule has 0 aromatic carbocycles. The molecule has 1 rings (SSSR count). The highest BCUT2D eigenvalue weighted by molar-refractivity contribution is 5.74. The SMILES string of the molecule is CCCC(OC1CC(N)C1)C(=O)OCC. The number of esters is 1. The number of hydrogen-bond acceptors (Lipinski definition) is 4. The Morgan fingerprint density at radius 3 is 2.60 bits per heavy atom. The van der Waals surface area contributed by atoms with E-state index in [9.17, 15) is 4.79 Å². The molecule has 1 atom stereocenters. The van der Waals surface area contributed by atoms with Gasteiger partial charge in [-0.2, -0.15) is 0 Å². The number of ether oxygens (including phenoxy) is 2. The second kappa shape index (κ2) is 6.08. The molecule has 88 valence electrons. The largest absolute Gasteiger partial charge is 0.464 e. The van der Waals surface area contributed by atoms with Crippen molar-refractivity contribution in [2.45, 2.75) is 57.8 Å². The van der Waals surface area contributed by atoms with Crippen molar-refractivity contribution >= 4 is 5.97 Å². The van der Waals surface area contributed by atoms with E-state index < -0.39 is 6.10 Å². The van der Waals surface area contributed by atoms with Crippen molar-refractivity contribution in [1.29, 1.82) is 0 Å². The molecule has 1 aliphatic carbocycles. The second-order valence-corrected chi connectivity index (χ2v) is 4.02. The van der Waals surface area contributed by atoms with Gasteiger partial charge in [0.05, 0.1) is 12.7 Å². The van der Waals surface area contributed by atoms with Crippen LogP contribution >= 0.6 is 0 Å². The summed E-state index contributed by atoms with van der Waals surface area (Å²) in [5, 5.41) is 0. The maximum Gasteiger partial charge on any atom is 0.335 e. The van der Waals surface area contributed by atoms with Crippen LogP contribution in [0.15, 0.2) is 0 Å². The van der Waals surface area contributed by atoms with Gasteiger partial charge in [-0.25, -0.2) is 4.79 Å². The van der Waals surface area contributed by atoms with E-state index in [1.807, 2.05) is 6.92 Å². The van der Waals surface area contributed by atoms with E-state index in [1.54, 1.807) is 6.92 Å². The zero-order valence-corrected chi connectivity index (χ0v) is 9.57. The van der Waals surface area contributed by atoms with E-state index in [-0.39, 0.29) is 18.1 Å². The van der Waals surface area contributed by atoms with Crippen LogP contribution in [0.1, 0.15) is 39.5 Å². The molecule has 0 aromatic rings. The summed E-state index contributed by atoms with van der Waals surface area (Å²) >= 11 is 0. The van der Waals surface area contributed by atoms with Crippen molar-refractivity contribution in [3.63, 3.8) is 0 Å². The molecule has 0 radical (unpaired) electrons. The minimum absolute atomic E-state index is 0.154. The summed E-state index contributed by atoms with van der Waals surface area (Å²) in [6, 6.07) is 0.250. The average Bonchev–Trinajstić information content (AvgIpc) is 2.14. The highest BCUT2D eigenvalue weighted by Gasteiger charge is 2.31. The van der Waals surface area contributed by atoms with Gasteiger partial charge in [-0.05, 0) is 26.2 Å². The van der Waals surface area contributed by atoms with Crippen molar-refractivity contribution in [2.75, 3.05) is 6.61 Å². The summed E-state index contributed by atoms with van der Waals surface area (Å²) in [6.07, 6.45) is 3.12. The minimum atomic E-state index is -0.396. The maximum absolute atomic E-state index is 11.5. The quantitative estimate of drug-likeness (QED) is 0.677. The lowest BCUT2D eigenvalue weighted by Crippen LogP contribution is -2.45. The number of rotatable bonds is 6. The topological polar surface area (TPSA) is 61.5 Å². The van der Waals surface area contributed by atoms with Gasteiger partial charge < -0.3 is 15.2 Å². The van der Waals surface area contributed by atoms with Crippen LogP contribution in [0.25, 0.3) is 0 Å². The summed E-state index contributed by atoms with van der Waals surface area (Å²) in [6.45, 7) is 4.24. The second-order valence-electron chi connectivity index (χ2n) is 4.02. The van der Waals surface area contributed by atoms with Crippen molar-refractivity contribution in [3.8, 4) is 0 Å². The Labute approximate surface area is 91.1 Å². The third kappa shape index (κ3) is 3.80. The van der Waals surface area contributed by atoms with E-state index in [4.69, 9.17) is 15.2 Å². The van der Waals surface area contributed by atoms with Crippen molar-refractivity contribution in [3.05, 3.63) is 0 Å². The van der Waals surface area contributed by atoms with Gasteiger partial charge >= 0.3 is 5.97 Å². The van der Waals surface area contributed by atoms with E-state index in [0.29, 0.717) is 6.61 Å². The predicted molar refractivity (Wildman–Crippen MR) is 57.4 cm³/mol. The first-order valence-electron chi connectivity index (χ1n) is 5.75. The molecular formula is C11H21NO3. The van der Waals surface area contributed by atoms with Gasteiger partial charge in [0.1, 0.15) is 0 Å². The number of carbonyl (C=O) groups is 1. The summed E-state index contributed by atoms with van der Waals surface area (Å²) < 4.78 is 10.6. The molecule has 1 saturated carbocycles. The zero-order chi connectivity index (χ0) is 11.3. The molecule has 0 heterocycles. The van der Waals surface area contributed by atoms with E-state index in [0.717, 1.165) is 25.7 Å². The normalized spacial score (nSPS) is 26.9. The first kappa shape index (κ1) is 12.5. The summed E-state index contributed by atoms with van der Waals surface area (Å²) in [5.41, 5.74) is 5.66. The molecular weight excluding hydrogens is 194 g/mol. The van der Waals surface area contributed by atoms with Crippen LogP contribution < -0.4 is 5.73 Å². The summed E-state index contributed by atoms with van der Waals surface area (Å²) in [4.78, 5) is 11.5. The van der Waals surface area contributed by atoms with Gasteiger partial charge in [0.2, 0.25) is 0 Å². The molecule has 1 aliphatic rings. The molecule has 0 saturated heterocycles. The number of carbonyl (C=O) groups excluding carboxylic acids is 1. The zero-order valence-electron chi connectivity index (χ0n) is 9.57. The number of nitrogens with two attached hydrogens (primary N) is 1. The fourth-order valence-electron chi connectivity index (χ4n) is 1.69. The van der Waals surface area contributed by atoms with Crippen LogP contribution in [0.3, 0.4) is 0 Å². The van der Waals surface area contributed by atoms with Gasteiger partial charge in [-0.3, -0.25) is 0 Å². The van der Waals surface area contributed by atoms with Crippen LogP contribution in [-0.4, -0.2) is 30.8 Å². The van der Waals surface area contributed by atoms with Gasteiger partial charge in [0.25, 0.3) is 0 Å². The molecule has 2 N–H and O–H groups in total. The maximum atomic E-state index is 11.5. The molecule has 15 heavy (non-hydrogen) atoms. The fraction of sp³-hybridized carbons (Fsp3) is 0.909. The molecule has 1 unspecified atom stereocenters. The average molecular weight is 215 g/mol. The Hall–Kier alpha value is -0.610. The molecule has 0 aromatic heterocycles. The first-order chi connectivity index (χ1) is 7.17. The predicted octanol–water partition coefficient (Wildman–Crippen LogP) is 1.22. The summed E-state index contributed by atoms with van der Waals surface area (Å²) in [5.74, 6) is -0.236. The van der Waals surface area contributed by atoms with Crippen LogP contribution in [-0.2, 0) is 14.3 Å². The Morgan fingerprint density at radius 2 is 2.13 bits per heavy atom. The number of hydrogen-bond donors (Lipinski definition) is 1. The van der Waals surface area contributed by atoms with Crippen molar-refractivity contribution < 1.29 is 14.3 Å². The van der Waals surface area contributed by atoms with E-state index in [1.165, 1.54) is 0 Å². The van der Waals surface area contributed by atoms with E-state index in [2.05, 4.69) is 0 Å². The standard InChI is InChI=1S/C11H21NO3/c1-3-5-10(11(13)14-4-2)15-9-6-8(12)7-9/h8-10H,3-7,12H2,1-2H3. The third-order valence-corrected chi connectivity index (χ3v) is 2.59. The van der Waals surface area contributed by atoms with Crippen LogP contribution in [0.2, 0.25) is 0 Å². The third-order valence-electron chi connectivity index (χ3n) is 2.59. The molecule has 1 fully saturated rings.